The van der Waals surface area contributed by atoms with E-state index in [9.17, 15) is 0 Å². The Bertz CT molecular complexity index is 631. The van der Waals surface area contributed by atoms with E-state index in [1.807, 2.05) is 12.1 Å². The molecule has 1 aliphatic rings. The predicted molar refractivity (Wildman–Crippen MR) is 77.3 cm³/mol. The maximum Gasteiger partial charge on any atom is 0.0487 e. The minimum Gasteiger partial charge on any atom is -0.330 e. The maximum atomic E-state index is 6.40. The third kappa shape index (κ3) is 1.44. The minimum absolute atomic E-state index is 0.285. The number of fused-ring (bicyclic) bond motifs is 3. The molecule has 92 valence electrons. The third-order valence-corrected chi connectivity index (χ3v) is 4.37. The normalized spacial score (nSPS) is 16.6. The highest BCUT2D eigenvalue weighted by molar-refractivity contribution is 6.33. The van der Waals surface area contributed by atoms with E-state index in [-0.39, 0.29) is 5.92 Å². The first-order valence-electron chi connectivity index (χ1n) is 6.24. The quantitative estimate of drug-likeness (QED) is 0.820. The van der Waals surface area contributed by atoms with E-state index in [0.717, 1.165) is 5.02 Å². The number of benzene rings is 2. The fraction of sp³-hybridized carbons (Fsp3) is 0.250. The number of nitrogens with two attached hydrogens (primary N) is 1. The lowest BCUT2D eigenvalue weighted by Crippen LogP contribution is -2.11. The Morgan fingerprint density at radius 3 is 2.50 bits per heavy atom. The molecule has 2 N–H and O–H groups in total. The van der Waals surface area contributed by atoms with Crippen LogP contribution in [0.2, 0.25) is 5.02 Å². The first-order valence-corrected chi connectivity index (χ1v) is 6.62. The molecule has 0 aliphatic heterocycles. The average Bonchev–Trinajstić information content (AvgIpc) is 2.69. The van der Waals surface area contributed by atoms with Crippen LogP contribution in [0.15, 0.2) is 30.3 Å². The van der Waals surface area contributed by atoms with E-state index in [4.69, 9.17) is 17.3 Å². The molecular weight excluding hydrogens is 242 g/mol. The third-order valence-electron chi connectivity index (χ3n) is 4.05. The van der Waals surface area contributed by atoms with Gasteiger partial charge in [-0.3, -0.25) is 0 Å². The van der Waals surface area contributed by atoms with Crippen molar-refractivity contribution in [1.82, 2.24) is 0 Å². The molecule has 2 heteroatoms. The lowest BCUT2D eigenvalue weighted by Gasteiger charge is -2.11. The van der Waals surface area contributed by atoms with Crippen molar-refractivity contribution in [2.75, 3.05) is 6.54 Å². The Kier molecular flexibility index (Phi) is 2.69. The second-order valence-corrected chi connectivity index (χ2v) is 5.37. The Morgan fingerprint density at radius 2 is 1.78 bits per heavy atom. The van der Waals surface area contributed by atoms with Gasteiger partial charge in [-0.1, -0.05) is 35.9 Å². The molecule has 0 aromatic heterocycles. The molecule has 0 heterocycles. The zero-order valence-corrected chi connectivity index (χ0v) is 11.4. The lowest BCUT2D eigenvalue weighted by molar-refractivity contribution is 0.840. The van der Waals surface area contributed by atoms with Crippen molar-refractivity contribution in [1.29, 1.82) is 0 Å². The van der Waals surface area contributed by atoms with Gasteiger partial charge in [0.15, 0.2) is 0 Å². The molecule has 1 nitrogen and oxygen atoms in total. The predicted octanol–water partition coefficient (Wildman–Crippen LogP) is 4.03. The second-order valence-electron chi connectivity index (χ2n) is 4.96. The van der Waals surface area contributed by atoms with Gasteiger partial charge in [-0.2, -0.15) is 0 Å². The van der Waals surface area contributed by atoms with E-state index < -0.39 is 0 Å². The van der Waals surface area contributed by atoms with Gasteiger partial charge < -0.3 is 5.73 Å². The van der Waals surface area contributed by atoms with Gasteiger partial charge in [-0.15, -0.1) is 0 Å². The zero-order chi connectivity index (χ0) is 12.9. The molecule has 1 unspecified atom stereocenters. The van der Waals surface area contributed by atoms with Gasteiger partial charge in [0.25, 0.3) is 0 Å². The van der Waals surface area contributed by atoms with Crippen LogP contribution in [0.1, 0.15) is 28.2 Å². The van der Waals surface area contributed by atoms with Gasteiger partial charge in [0.1, 0.15) is 0 Å². The van der Waals surface area contributed by atoms with E-state index >= 15 is 0 Å². The van der Waals surface area contributed by atoms with Crippen molar-refractivity contribution in [2.45, 2.75) is 19.8 Å². The molecule has 0 fully saturated rings. The van der Waals surface area contributed by atoms with Crippen molar-refractivity contribution in [3.63, 3.8) is 0 Å². The Hall–Kier alpha value is -1.31. The second kappa shape index (κ2) is 4.11. The van der Waals surface area contributed by atoms with Crippen molar-refractivity contribution >= 4 is 11.6 Å². The highest BCUT2D eigenvalue weighted by Gasteiger charge is 2.30. The summed E-state index contributed by atoms with van der Waals surface area (Å²) in [6, 6.07) is 10.5. The minimum atomic E-state index is 0.285. The molecule has 1 aliphatic carbocycles. The summed E-state index contributed by atoms with van der Waals surface area (Å²) in [7, 11) is 0. The summed E-state index contributed by atoms with van der Waals surface area (Å²) in [4.78, 5) is 0. The van der Waals surface area contributed by atoms with Crippen LogP contribution in [-0.2, 0) is 0 Å². The molecule has 2 aromatic rings. The zero-order valence-electron chi connectivity index (χ0n) is 10.6. The molecule has 18 heavy (non-hydrogen) atoms. The monoisotopic (exact) mass is 257 g/mol. The topological polar surface area (TPSA) is 26.0 Å². The highest BCUT2D eigenvalue weighted by atomic mass is 35.5. The van der Waals surface area contributed by atoms with Gasteiger partial charge in [0.2, 0.25) is 0 Å². The first kappa shape index (κ1) is 11.8. The molecule has 1 atom stereocenters. The number of halogens is 1. The molecule has 0 bridgehead atoms. The molecule has 3 rings (SSSR count). The molecule has 0 saturated heterocycles. The summed E-state index contributed by atoms with van der Waals surface area (Å²) in [5.74, 6) is 0.285. The molecule has 0 saturated carbocycles. The number of hydrogen-bond donors (Lipinski definition) is 1. The molecule has 0 radical (unpaired) electrons. The van der Waals surface area contributed by atoms with E-state index in [1.54, 1.807) is 0 Å². The van der Waals surface area contributed by atoms with E-state index in [2.05, 4.69) is 32.0 Å². The lowest BCUT2D eigenvalue weighted by atomic mass is 9.94. The Morgan fingerprint density at radius 1 is 1.06 bits per heavy atom. The van der Waals surface area contributed by atoms with Crippen LogP contribution in [-0.4, -0.2) is 6.54 Å². The van der Waals surface area contributed by atoms with Gasteiger partial charge in [-0.25, -0.2) is 0 Å². The van der Waals surface area contributed by atoms with Crippen LogP contribution >= 0.6 is 11.6 Å². The average molecular weight is 258 g/mol. The van der Waals surface area contributed by atoms with Gasteiger partial charge in [0, 0.05) is 23.0 Å². The van der Waals surface area contributed by atoms with Gasteiger partial charge in [-0.05, 0) is 47.7 Å². The summed E-state index contributed by atoms with van der Waals surface area (Å²) in [5, 5.41) is 0.832. The van der Waals surface area contributed by atoms with Crippen LogP contribution < -0.4 is 5.73 Å². The van der Waals surface area contributed by atoms with Crippen LogP contribution in [0, 0.1) is 13.8 Å². The van der Waals surface area contributed by atoms with Crippen LogP contribution in [0.25, 0.3) is 11.1 Å². The highest BCUT2D eigenvalue weighted by Crippen LogP contribution is 2.49. The van der Waals surface area contributed by atoms with Crippen molar-refractivity contribution < 1.29 is 0 Å². The largest absolute Gasteiger partial charge is 0.330 e. The summed E-state index contributed by atoms with van der Waals surface area (Å²) in [5.41, 5.74) is 13.7. The Balaban J connectivity index is 2.41. The van der Waals surface area contributed by atoms with Crippen molar-refractivity contribution in [3.8, 4) is 11.1 Å². The molecule has 0 amide bonds. The fourth-order valence-electron chi connectivity index (χ4n) is 2.98. The Labute approximate surface area is 113 Å². The number of hydrogen-bond acceptors (Lipinski definition) is 1. The number of rotatable bonds is 1. The maximum absolute atomic E-state index is 6.40. The first-order chi connectivity index (χ1) is 8.65. The smallest absolute Gasteiger partial charge is 0.0487 e. The molecular formula is C16H16ClN. The van der Waals surface area contributed by atoms with Crippen LogP contribution in [0.3, 0.4) is 0 Å². The van der Waals surface area contributed by atoms with Crippen molar-refractivity contribution in [3.05, 3.63) is 57.6 Å². The van der Waals surface area contributed by atoms with Crippen LogP contribution in [0.4, 0.5) is 0 Å². The van der Waals surface area contributed by atoms with Crippen molar-refractivity contribution in [2.24, 2.45) is 5.73 Å². The number of aryl methyl sites for hydroxylation is 1. The summed E-state index contributed by atoms with van der Waals surface area (Å²) < 4.78 is 0. The van der Waals surface area contributed by atoms with Crippen LogP contribution in [0.5, 0.6) is 0 Å². The standard InChI is InChI=1S/C16H16ClN/c1-9-6-7-12-13(8-18)11-4-3-5-14(17)16(11)15(12)10(9)2/h3-7,13H,8,18H2,1-2H3. The molecule has 2 aromatic carbocycles. The molecule has 0 spiro atoms. The van der Waals surface area contributed by atoms with Gasteiger partial charge >= 0.3 is 0 Å². The fourth-order valence-corrected chi connectivity index (χ4v) is 3.25. The summed E-state index contributed by atoms with van der Waals surface area (Å²) >= 11 is 6.40. The van der Waals surface area contributed by atoms with E-state index in [0.29, 0.717) is 6.54 Å². The summed E-state index contributed by atoms with van der Waals surface area (Å²) in [6.45, 7) is 4.94. The van der Waals surface area contributed by atoms with E-state index in [1.165, 1.54) is 33.4 Å². The SMILES string of the molecule is Cc1ccc2c(c1C)-c1c(Cl)cccc1C2CN. The van der Waals surface area contributed by atoms with Gasteiger partial charge in [0.05, 0.1) is 0 Å². The summed E-state index contributed by atoms with van der Waals surface area (Å²) in [6.07, 6.45) is 0.